The first kappa shape index (κ1) is 17.5. The molecule has 0 saturated carbocycles. The van der Waals surface area contributed by atoms with Gasteiger partial charge < -0.3 is 16.4 Å². The molecule has 0 aliphatic heterocycles. The van der Waals surface area contributed by atoms with E-state index in [4.69, 9.17) is 10.7 Å². The second kappa shape index (κ2) is 8.16. The predicted molar refractivity (Wildman–Crippen MR) is 115 cm³/mol. The lowest BCUT2D eigenvalue weighted by Crippen LogP contribution is -2.24. The topological polar surface area (TPSA) is 63.0 Å². The van der Waals surface area contributed by atoms with Crippen LogP contribution in [0.4, 0.5) is 11.4 Å². The molecule has 0 unspecified atom stereocenters. The van der Waals surface area contributed by atoms with Gasteiger partial charge >= 0.3 is 0 Å². The Morgan fingerprint density at radius 2 is 1.37 bits per heavy atom. The van der Waals surface area contributed by atoms with Gasteiger partial charge in [0.15, 0.2) is 0 Å². The molecule has 0 bridgehead atoms. The van der Waals surface area contributed by atoms with Gasteiger partial charge in [-0.15, -0.1) is 0 Å². The molecular weight excluding hydrogens is 332 g/mol. The summed E-state index contributed by atoms with van der Waals surface area (Å²) >= 11 is 0. The first-order valence-corrected chi connectivity index (χ1v) is 9.39. The van der Waals surface area contributed by atoms with E-state index in [1.807, 2.05) is 12.1 Å². The van der Waals surface area contributed by atoms with Crippen LogP contribution in [0.25, 0.3) is 21.8 Å². The van der Waals surface area contributed by atoms with Crippen molar-refractivity contribution >= 4 is 33.2 Å². The molecule has 0 aliphatic carbocycles. The first-order valence-electron chi connectivity index (χ1n) is 9.39. The van der Waals surface area contributed by atoms with Crippen LogP contribution in [0.2, 0.25) is 0 Å². The number of hydrogen-bond acceptors (Lipinski definition) is 4. The van der Waals surface area contributed by atoms with Gasteiger partial charge in [-0.05, 0) is 42.8 Å². The van der Waals surface area contributed by atoms with Gasteiger partial charge in [0.05, 0.1) is 16.7 Å². The molecule has 0 fully saturated rings. The minimum absolute atomic E-state index is 0.677. The van der Waals surface area contributed by atoms with Crippen LogP contribution in [0.5, 0.6) is 0 Å². The number of fused-ring (bicyclic) bond motifs is 2. The molecule has 0 saturated heterocycles. The molecule has 4 rings (SSSR count). The van der Waals surface area contributed by atoms with Crippen LogP contribution in [0.3, 0.4) is 0 Å². The molecule has 27 heavy (non-hydrogen) atoms. The van der Waals surface area contributed by atoms with Crippen molar-refractivity contribution in [2.75, 3.05) is 25.0 Å². The Bertz CT molecular complexity index is 987. The summed E-state index contributed by atoms with van der Waals surface area (Å²) in [6.45, 7) is 2.49. The van der Waals surface area contributed by atoms with Crippen molar-refractivity contribution in [2.24, 2.45) is 5.73 Å². The fourth-order valence-corrected chi connectivity index (χ4v) is 3.33. The van der Waals surface area contributed by atoms with Crippen LogP contribution >= 0.6 is 0 Å². The number of pyridine rings is 1. The zero-order valence-electron chi connectivity index (χ0n) is 15.3. The summed E-state index contributed by atoms with van der Waals surface area (Å²) in [5.74, 6) is 0. The second-order valence-electron chi connectivity index (χ2n) is 6.63. The lowest BCUT2D eigenvalue weighted by atomic mass is 10.1. The summed E-state index contributed by atoms with van der Waals surface area (Å²) < 4.78 is 0. The lowest BCUT2D eigenvalue weighted by Gasteiger charge is -2.14. The number of anilines is 2. The van der Waals surface area contributed by atoms with E-state index < -0.39 is 0 Å². The van der Waals surface area contributed by atoms with Gasteiger partial charge in [-0.25, -0.2) is 4.98 Å². The molecular formula is C23H24N4. The first-order chi connectivity index (χ1) is 13.3. The molecule has 4 nitrogen and oxygen atoms in total. The summed E-state index contributed by atoms with van der Waals surface area (Å²) in [6.07, 6.45) is 1.00. The number of nitrogens with one attached hydrogen (secondary N) is 2. The Hall–Kier alpha value is -2.95. The van der Waals surface area contributed by atoms with Gasteiger partial charge in [0, 0.05) is 29.5 Å². The summed E-state index contributed by atoms with van der Waals surface area (Å²) in [5, 5.41) is 9.21. The third-order valence-corrected chi connectivity index (χ3v) is 4.72. The molecule has 0 aliphatic rings. The standard InChI is InChI=1S/C23H24N4/c24-14-16-25-15-13-17-9-11-18(12-10-17)26-23-19-5-1-3-7-21(19)27-22-8-4-2-6-20(22)23/h1-12,25H,13-16,24H2,(H,26,27). The molecule has 0 atom stereocenters. The SMILES string of the molecule is NCCNCCc1ccc(Nc2c3ccccc3nc3ccccc23)cc1. The summed E-state index contributed by atoms with van der Waals surface area (Å²) in [7, 11) is 0. The van der Waals surface area contributed by atoms with Crippen molar-refractivity contribution in [3.63, 3.8) is 0 Å². The van der Waals surface area contributed by atoms with E-state index in [1.165, 1.54) is 5.56 Å². The highest BCUT2D eigenvalue weighted by Crippen LogP contribution is 2.32. The average molecular weight is 356 g/mol. The van der Waals surface area contributed by atoms with Crippen LogP contribution < -0.4 is 16.4 Å². The Balaban J connectivity index is 1.62. The van der Waals surface area contributed by atoms with Crippen LogP contribution in [0.15, 0.2) is 72.8 Å². The van der Waals surface area contributed by atoms with Crippen molar-refractivity contribution in [1.82, 2.24) is 10.3 Å². The number of para-hydroxylation sites is 2. The highest BCUT2D eigenvalue weighted by molar-refractivity contribution is 6.08. The number of benzene rings is 3. The maximum absolute atomic E-state index is 5.50. The zero-order valence-corrected chi connectivity index (χ0v) is 15.3. The summed E-state index contributed by atoms with van der Waals surface area (Å²) in [4.78, 5) is 4.79. The van der Waals surface area contributed by atoms with E-state index in [1.54, 1.807) is 0 Å². The van der Waals surface area contributed by atoms with Crippen LogP contribution in [0, 0.1) is 0 Å². The van der Waals surface area contributed by atoms with Gasteiger partial charge in [-0.1, -0.05) is 48.5 Å². The largest absolute Gasteiger partial charge is 0.354 e. The third-order valence-electron chi connectivity index (χ3n) is 4.72. The van der Waals surface area contributed by atoms with E-state index in [-0.39, 0.29) is 0 Å². The van der Waals surface area contributed by atoms with E-state index in [9.17, 15) is 0 Å². The van der Waals surface area contributed by atoms with E-state index >= 15 is 0 Å². The molecule has 1 aromatic heterocycles. The Kier molecular flexibility index (Phi) is 5.28. The van der Waals surface area contributed by atoms with Crippen molar-refractivity contribution in [3.8, 4) is 0 Å². The average Bonchev–Trinajstić information content (AvgIpc) is 2.72. The van der Waals surface area contributed by atoms with Gasteiger partial charge in [-0.2, -0.15) is 0 Å². The highest BCUT2D eigenvalue weighted by atomic mass is 14.9. The molecule has 4 N–H and O–H groups in total. The quantitative estimate of drug-likeness (QED) is 0.343. The van der Waals surface area contributed by atoms with Gasteiger partial charge in [0.2, 0.25) is 0 Å². The van der Waals surface area contributed by atoms with Crippen molar-refractivity contribution < 1.29 is 0 Å². The Morgan fingerprint density at radius 1 is 0.741 bits per heavy atom. The third kappa shape index (κ3) is 3.92. The van der Waals surface area contributed by atoms with Crippen LogP contribution in [0.1, 0.15) is 5.56 Å². The highest BCUT2D eigenvalue weighted by Gasteiger charge is 2.08. The number of hydrogen-bond donors (Lipinski definition) is 3. The minimum Gasteiger partial charge on any atom is -0.354 e. The smallest absolute Gasteiger partial charge is 0.0730 e. The van der Waals surface area contributed by atoms with Crippen molar-refractivity contribution in [3.05, 3.63) is 78.4 Å². The van der Waals surface area contributed by atoms with Gasteiger partial charge in [-0.3, -0.25) is 0 Å². The van der Waals surface area contributed by atoms with Crippen LogP contribution in [-0.2, 0) is 6.42 Å². The fraction of sp³-hybridized carbons (Fsp3) is 0.174. The zero-order chi connectivity index (χ0) is 18.5. The predicted octanol–water partition coefficient (Wildman–Crippen LogP) is 4.22. The molecule has 4 aromatic rings. The molecule has 1 heterocycles. The minimum atomic E-state index is 0.677. The molecule has 0 amide bonds. The summed E-state index contributed by atoms with van der Waals surface area (Å²) in [6, 6.07) is 25.2. The normalized spacial score (nSPS) is 11.1. The maximum atomic E-state index is 5.50. The van der Waals surface area contributed by atoms with Gasteiger partial charge in [0.25, 0.3) is 0 Å². The van der Waals surface area contributed by atoms with Crippen molar-refractivity contribution in [2.45, 2.75) is 6.42 Å². The van der Waals surface area contributed by atoms with E-state index in [0.29, 0.717) is 6.54 Å². The van der Waals surface area contributed by atoms with E-state index in [0.717, 1.165) is 52.7 Å². The number of nitrogens with zero attached hydrogens (tertiary/aromatic N) is 1. The Morgan fingerprint density at radius 3 is 2.00 bits per heavy atom. The van der Waals surface area contributed by atoms with Gasteiger partial charge in [0.1, 0.15) is 0 Å². The molecule has 4 heteroatoms. The molecule has 3 aromatic carbocycles. The molecule has 0 spiro atoms. The lowest BCUT2D eigenvalue weighted by molar-refractivity contribution is 0.689. The number of nitrogens with two attached hydrogens (primary N) is 1. The summed E-state index contributed by atoms with van der Waals surface area (Å²) in [5.41, 5.74) is 11.0. The van der Waals surface area contributed by atoms with E-state index in [2.05, 4.69) is 71.3 Å². The second-order valence-corrected chi connectivity index (χ2v) is 6.63. The molecule has 0 radical (unpaired) electrons. The maximum Gasteiger partial charge on any atom is 0.0730 e. The number of aromatic nitrogens is 1. The van der Waals surface area contributed by atoms with Crippen LogP contribution in [-0.4, -0.2) is 24.6 Å². The monoisotopic (exact) mass is 356 g/mol. The molecule has 136 valence electrons. The number of rotatable bonds is 7. The Labute approximate surface area is 159 Å². The fourth-order valence-electron chi connectivity index (χ4n) is 3.33. The van der Waals surface area contributed by atoms with Crippen molar-refractivity contribution in [1.29, 1.82) is 0 Å².